The van der Waals surface area contributed by atoms with Gasteiger partial charge in [-0.1, -0.05) is 6.92 Å². The average Bonchev–Trinajstić information content (AvgIpc) is 2.40. The zero-order valence-electron chi connectivity index (χ0n) is 11.4. The highest BCUT2D eigenvalue weighted by Gasteiger charge is 2.17. The van der Waals surface area contributed by atoms with Crippen LogP contribution in [0.15, 0.2) is 12.3 Å². The van der Waals surface area contributed by atoms with Gasteiger partial charge < -0.3 is 15.4 Å². The molecule has 0 aromatic carbocycles. The second-order valence-corrected chi connectivity index (χ2v) is 4.16. The maximum Gasteiger partial charge on any atom is 0.340 e. The molecule has 18 heavy (non-hydrogen) atoms. The summed E-state index contributed by atoms with van der Waals surface area (Å²) < 4.78 is 4.71. The molecule has 1 heterocycles. The minimum absolute atomic E-state index is 0.339. The van der Waals surface area contributed by atoms with Crippen LogP contribution in [0, 0.1) is 0 Å². The molecule has 0 radical (unpaired) electrons. The minimum atomic E-state index is -0.434. The van der Waals surface area contributed by atoms with Crippen molar-refractivity contribution in [3.63, 3.8) is 0 Å². The molecule has 0 spiro atoms. The molecule has 5 nitrogen and oxygen atoms in total. The number of rotatable bonds is 5. The number of anilines is 2. The highest BCUT2D eigenvalue weighted by molar-refractivity contribution is 5.95. The number of carbonyl (C=O) groups excluding carboxylic acids is 1. The van der Waals surface area contributed by atoms with Crippen LogP contribution in [0.3, 0.4) is 0 Å². The van der Waals surface area contributed by atoms with Gasteiger partial charge in [-0.3, -0.25) is 0 Å². The number of nitrogens with two attached hydrogens (primary N) is 1. The Bertz CT molecular complexity index is 421. The number of nitrogens with zero attached hydrogens (tertiary/aromatic N) is 2. The fraction of sp³-hybridized carbons (Fsp3) is 0.538. The lowest BCUT2D eigenvalue weighted by Crippen LogP contribution is -2.33. The van der Waals surface area contributed by atoms with Crippen LogP contribution in [-0.2, 0) is 4.74 Å². The second kappa shape index (κ2) is 6.23. The highest BCUT2D eigenvalue weighted by atomic mass is 16.5. The maximum atomic E-state index is 11.6. The van der Waals surface area contributed by atoms with Crippen molar-refractivity contribution >= 4 is 17.5 Å². The number of hydrogen-bond donors (Lipinski definition) is 1. The first-order chi connectivity index (χ1) is 8.54. The van der Waals surface area contributed by atoms with E-state index in [1.54, 1.807) is 6.07 Å². The second-order valence-electron chi connectivity index (χ2n) is 4.16. The van der Waals surface area contributed by atoms with Crippen molar-refractivity contribution in [3.05, 3.63) is 17.8 Å². The van der Waals surface area contributed by atoms with Crippen molar-refractivity contribution in [3.8, 4) is 0 Å². The van der Waals surface area contributed by atoms with Crippen molar-refractivity contribution in [2.75, 3.05) is 24.3 Å². The lowest BCUT2D eigenvalue weighted by atomic mass is 10.2. The zero-order chi connectivity index (χ0) is 13.7. The molecule has 0 amide bonds. The summed E-state index contributed by atoms with van der Waals surface area (Å²) >= 11 is 0. The predicted molar refractivity (Wildman–Crippen MR) is 72.8 cm³/mol. The van der Waals surface area contributed by atoms with E-state index in [1.165, 1.54) is 13.3 Å². The van der Waals surface area contributed by atoms with Gasteiger partial charge in [0.1, 0.15) is 5.82 Å². The van der Waals surface area contributed by atoms with Crippen molar-refractivity contribution in [2.45, 2.75) is 33.2 Å². The summed E-state index contributed by atoms with van der Waals surface area (Å²) in [7, 11) is 1.34. The summed E-state index contributed by atoms with van der Waals surface area (Å²) in [6.07, 6.45) is 2.51. The number of nitrogen functional groups attached to an aromatic ring is 1. The third-order valence-electron chi connectivity index (χ3n) is 3.08. The minimum Gasteiger partial charge on any atom is -0.465 e. The smallest absolute Gasteiger partial charge is 0.340 e. The lowest BCUT2D eigenvalue weighted by Gasteiger charge is -2.28. The van der Waals surface area contributed by atoms with E-state index in [2.05, 4.69) is 30.7 Å². The molecule has 0 aliphatic heterocycles. The molecular formula is C13H21N3O2. The molecule has 2 N–H and O–H groups in total. The quantitative estimate of drug-likeness (QED) is 0.811. The molecule has 0 aliphatic rings. The van der Waals surface area contributed by atoms with E-state index in [9.17, 15) is 4.79 Å². The predicted octanol–water partition coefficient (Wildman–Crippen LogP) is 2.08. The van der Waals surface area contributed by atoms with E-state index < -0.39 is 5.97 Å². The van der Waals surface area contributed by atoms with Gasteiger partial charge in [-0.15, -0.1) is 0 Å². The summed E-state index contributed by atoms with van der Waals surface area (Å²) in [5.74, 6) is 0.317. The van der Waals surface area contributed by atoms with E-state index in [-0.39, 0.29) is 0 Å². The summed E-state index contributed by atoms with van der Waals surface area (Å²) in [6.45, 7) is 7.12. The normalized spacial score (nSPS) is 12.0. The molecule has 1 aromatic rings. The molecule has 1 unspecified atom stereocenters. The van der Waals surface area contributed by atoms with Crippen LogP contribution in [0.25, 0.3) is 0 Å². The van der Waals surface area contributed by atoms with Crippen LogP contribution in [0.2, 0.25) is 0 Å². The van der Waals surface area contributed by atoms with E-state index in [4.69, 9.17) is 10.5 Å². The topological polar surface area (TPSA) is 68.5 Å². The first-order valence-electron chi connectivity index (χ1n) is 6.15. The molecule has 0 aliphatic carbocycles. The van der Waals surface area contributed by atoms with Gasteiger partial charge in [-0.05, 0) is 26.3 Å². The third-order valence-corrected chi connectivity index (χ3v) is 3.08. The Hall–Kier alpha value is -1.78. The third kappa shape index (κ3) is 2.91. The summed E-state index contributed by atoms with van der Waals surface area (Å²) in [6, 6.07) is 2.05. The van der Waals surface area contributed by atoms with E-state index >= 15 is 0 Å². The summed E-state index contributed by atoms with van der Waals surface area (Å²) in [5.41, 5.74) is 6.44. The van der Waals surface area contributed by atoms with Crippen LogP contribution in [0.5, 0.6) is 0 Å². The molecule has 0 fully saturated rings. The number of esters is 1. The van der Waals surface area contributed by atoms with Crippen LogP contribution in [0.1, 0.15) is 37.6 Å². The molecule has 0 saturated heterocycles. The molecule has 5 heteroatoms. The highest BCUT2D eigenvalue weighted by Crippen LogP contribution is 2.21. The van der Waals surface area contributed by atoms with Crippen LogP contribution in [0.4, 0.5) is 11.5 Å². The zero-order valence-corrected chi connectivity index (χ0v) is 11.4. The van der Waals surface area contributed by atoms with E-state index in [1.807, 2.05) is 0 Å². The molecule has 100 valence electrons. The van der Waals surface area contributed by atoms with E-state index in [0.717, 1.165) is 18.8 Å². The monoisotopic (exact) mass is 251 g/mol. The Balaban J connectivity index is 3.14. The number of ether oxygens (including phenoxy) is 1. The molecule has 0 saturated carbocycles. The first-order valence-corrected chi connectivity index (χ1v) is 6.15. The Morgan fingerprint density at radius 1 is 1.56 bits per heavy atom. The molecular weight excluding hydrogens is 230 g/mol. The largest absolute Gasteiger partial charge is 0.465 e. The number of hydrogen-bond acceptors (Lipinski definition) is 5. The van der Waals surface area contributed by atoms with Crippen molar-refractivity contribution in [2.24, 2.45) is 0 Å². The van der Waals surface area contributed by atoms with E-state index in [0.29, 0.717) is 17.3 Å². The fourth-order valence-corrected chi connectivity index (χ4v) is 1.82. The maximum absolute atomic E-state index is 11.6. The van der Waals surface area contributed by atoms with Gasteiger partial charge >= 0.3 is 5.97 Å². The Labute approximate surface area is 108 Å². The van der Waals surface area contributed by atoms with Crippen LogP contribution < -0.4 is 10.6 Å². The number of aromatic nitrogens is 1. The Kier molecular flexibility index (Phi) is 4.95. The van der Waals surface area contributed by atoms with Crippen molar-refractivity contribution in [1.29, 1.82) is 0 Å². The average molecular weight is 251 g/mol. The van der Waals surface area contributed by atoms with Gasteiger partial charge in [0.2, 0.25) is 0 Å². The summed E-state index contributed by atoms with van der Waals surface area (Å²) in [4.78, 5) is 18.0. The summed E-state index contributed by atoms with van der Waals surface area (Å²) in [5, 5.41) is 0. The number of methoxy groups -OCH3 is 1. The van der Waals surface area contributed by atoms with Gasteiger partial charge in [0, 0.05) is 12.6 Å². The molecule has 1 atom stereocenters. The SMILES string of the molecule is CCC(C)N(CC)c1cc(C(=O)OC)c(N)cn1. The standard InChI is InChI=1S/C13H21N3O2/c1-5-9(3)16(6-2)12-7-10(13(17)18-4)11(14)8-15-12/h7-9H,5-6,14H2,1-4H3. The van der Waals surface area contributed by atoms with Gasteiger partial charge in [0.15, 0.2) is 0 Å². The van der Waals surface area contributed by atoms with Crippen molar-refractivity contribution in [1.82, 2.24) is 4.98 Å². The Morgan fingerprint density at radius 2 is 2.22 bits per heavy atom. The molecule has 1 rings (SSSR count). The van der Waals surface area contributed by atoms with Crippen LogP contribution >= 0.6 is 0 Å². The molecule has 1 aromatic heterocycles. The fourth-order valence-electron chi connectivity index (χ4n) is 1.82. The first kappa shape index (κ1) is 14.3. The van der Waals surface area contributed by atoms with Gasteiger partial charge in [-0.25, -0.2) is 9.78 Å². The lowest BCUT2D eigenvalue weighted by molar-refractivity contribution is 0.0602. The number of carbonyl (C=O) groups is 1. The van der Waals surface area contributed by atoms with Gasteiger partial charge in [0.05, 0.1) is 24.6 Å². The van der Waals surface area contributed by atoms with Gasteiger partial charge in [0.25, 0.3) is 0 Å². The van der Waals surface area contributed by atoms with Crippen molar-refractivity contribution < 1.29 is 9.53 Å². The van der Waals surface area contributed by atoms with Crippen LogP contribution in [-0.4, -0.2) is 30.6 Å². The van der Waals surface area contributed by atoms with Gasteiger partial charge in [-0.2, -0.15) is 0 Å². The Morgan fingerprint density at radius 3 is 2.72 bits per heavy atom. The number of pyridine rings is 1. The molecule has 0 bridgehead atoms.